The zero-order valence-electron chi connectivity index (χ0n) is 22.7. The number of alkyl halides is 3. The first-order chi connectivity index (χ1) is 17.8. The molecule has 0 spiro atoms. The molecule has 0 aromatic carbocycles. The molecule has 8 nitrogen and oxygen atoms in total. The number of rotatable bonds is 5. The lowest BCUT2D eigenvalue weighted by Crippen LogP contribution is -2.47. The predicted octanol–water partition coefficient (Wildman–Crippen LogP) is 4.33. The van der Waals surface area contributed by atoms with E-state index in [1.54, 1.807) is 19.1 Å². The van der Waals surface area contributed by atoms with Gasteiger partial charge >= 0.3 is 12.1 Å². The Labute approximate surface area is 221 Å². The lowest BCUT2D eigenvalue weighted by Gasteiger charge is -2.38. The smallest absolute Gasteiger partial charge is 0.417 e. The van der Waals surface area contributed by atoms with E-state index in [0.717, 1.165) is 25.1 Å². The van der Waals surface area contributed by atoms with Crippen LogP contribution in [0.1, 0.15) is 69.2 Å². The van der Waals surface area contributed by atoms with E-state index in [2.05, 4.69) is 9.72 Å². The van der Waals surface area contributed by atoms with Gasteiger partial charge in [0.05, 0.1) is 24.0 Å². The number of Topliss-reactive ketones (excluding diaryl/α,β-unsaturated/α-hetero) is 1. The lowest BCUT2D eigenvalue weighted by atomic mass is 9.74. The van der Waals surface area contributed by atoms with Gasteiger partial charge in [0.1, 0.15) is 5.78 Å². The second kappa shape index (κ2) is 11.7. The molecule has 1 aromatic heterocycles. The standard InChI is InChI=1S/C18H21F3N2O2.C9H16O4/c1-11(2)17(5-3-14(24)8-17)16(25)23-6-4-15-12(10-23)7-13(9-22-15)18(19,20)21;1-11-8(10)7-4-5-9(6-7,12-2)13-3/h7,9,11H,3-6,8,10H2,1-2H3;7H,4-6H2,1-3H3/t17-;7-/m00/s1. The van der Waals surface area contributed by atoms with Crippen LogP contribution >= 0.6 is 0 Å². The topological polar surface area (TPSA) is 95.0 Å². The number of amides is 1. The summed E-state index contributed by atoms with van der Waals surface area (Å²) in [5, 5.41) is 0. The Morgan fingerprint density at radius 3 is 2.32 bits per heavy atom. The van der Waals surface area contributed by atoms with E-state index < -0.39 is 22.9 Å². The highest BCUT2D eigenvalue weighted by molar-refractivity contribution is 5.93. The van der Waals surface area contributed by atoms with Gasteiger partial charge in [0.15, 0.2) is 5.79 Å². The fourth-order valence-electron chi connectivity index (χ4n) is 5.68. The molecule has 0 radical (unpaired) electrons. The lowest BCUT2D eigenvalue weighted by molar-refractivity contribution is -0.203. The molecular weight excluding hydrogens is 505 g/mol. The first-order valence-corrected chi connectivity index (χ1v) is 12.8. The zero-order valence-corrected chi connectivity index (χ0v) is 22.7. The highest BCUT2D eigenvalue weighted by Gasteiger charge is 2.49. The van der Waals surface area contributed by atoms with Gasteiger partial charge in [-0.2, -0.15) is 13.2 Å². The molecule has 11 heteroatoms. The van der Waals surface area contributed by atoms with Crippen LogP contribution < -0.4 is 0 Å². The maximum atomic E-state index is 13.1. The van der Waals surface area contributed by atoms with E-state index in [4.69, 9.17) is 9.47 Å². The van der Waals surface area contributed by atoms with Crippen molar-refractivity contribution in [2.45, 2.75) is 77.3 Å². The van der Waals surface area contributed by atoms with Crippen molar-refractivity contribution in [3.63, 3.8) is 0 Å². The van der Waals surface area contributed by atoms with E-state index >= 15 is 0 Å². The summed E-state index contributed by atoms with van der Waals surface area (Å²) in [6, 6.07) is 1.09. The average molecular weight is 543 g/mol. The van der Waals surface area contributed by atoms with Crippen molar-refractivity contribution in [2.75, 3.05) is 27.9 Å². The number of methoxy groups -OCH3 is 3. The zero-order chi connectivity index (χ0) is 28.3. The molecule has 1 amide bonds. The summed E-state index contributed by atoms with van der Waals surface area (Å²) >= 11 is 0. The summed E-state index contributed by atoms with van der Waals surface area (Å²) < 4.78 is 53.9. The van der Waals surface area contributed by atoms with Crippen molar-refractivity contribution in [3.8, 4) is 0 Å². The highest BCUT2D eigenvalue weighted by atomic mass is 19.4. The second-order valence-corrected chi connectivity index (χ2v) is 10.6. The molecule has 0 bridgehead atoms. The minimum atomic E-state index is -4.45. The molecule has 2 atom stereocenters. The van der Waals surface area contributed by atoms with E-state index in [-0.39, 0.29) is 42.5 Å². The SMILES string of the molecule is CC(C)[C@]1(C(=O)N2CCc3ncc(C(F)(F)F)cc3C2)CCC(=O)C1.COC(=O)[C@H]1CCC(OC)(OC)C1. The largest absolute Gasteiger partial charge is 0.469 e. The maximum Gasteiger partial charge on any atom is 0.417 e. The maximum absolute atomic E-state index is 13.1. The van der Waals surface area contributed by atoms with Gasteiger partial charge in [0, 0.05) is 71.3 Å². The summed E-state index contributed by atoms with van der Waals surface area (Å²) in [7, 11) is 4.61. The first-order valence-electron chi connectivity index (χ1n) is 12.8. The predicted molar refractivity (Wildman–Crippen MR) is 131 cm³/mol. The molecule has 1 aliphatic heterocycles. The number of ether oxygens (including phenoxy) is 3. The molecule has 0 saturated heterocycles. The van der Waals surface area contributed by atoms with Gasteiger partial charge in [-0.05, 0) is 30.4 Å². The van der Waals surface area contributed by atoms with Crippen LogP contribution in [-0.4, -0.2) is 61.2 Å². The number of hydrogen-bond donors (Lipinski definition) is 0. The van der Waals surface area contributed by atoms with E-state index in [9.17, 15) is 27.6 Å². The van der Waals surface area contributed by atoms with Crippen molar-refractivity contribution in [1.82, 2.24) is 9.88 Å². The molecular formula is C27H37F3N2O6. The van der Waals surface area contributed by atoms with Gasteiger partial charge in [-0.1, -0.05) is 13.8 Å². The monoisotopic (exact) mass is 542 g/mol. The summed E-state index contributed by atoms with van der Waals surface area (Å²) in [5.41, 5.74) is -0.463. The summed E-state index contributed by atoms with van der Waals surface area (Å²) in [6.07, 6.45) is 0.0867. The Morgan fingerprint density at radius 1 is 1.13 bits per heavy atom. The summed E-state index contributed by atoms with van der Waals surface area (Å²) in [4.78, 5) is 41.7. The third-order valence-electron chi connectivity index (χ3n) is 8.26. The van der Waals surface area contributed by atoms with Gasteiger partial charge < -0.3 is 19.1 Å². The fourth-order valence-corrected chi connectivity index (χ4v) is 5.68. The van der Waals surface area contributed by atoms with Crippen molar-refractivity contribution in [2.24, 2.45) is 17.3 Å². The molecule has 2 heterocycles. The number of pyridine rings is 1. The molecule has 2 fully saturated rings. The highest BCUT2D eigenvalue weighted by Crippen LogP contribution is 2.45. The van der Waals surface area contributed by atoms with Crippen molar-refractivity contribution in [3.05, 3.63) is 29.1 Å². The van der Waals surface area contributed by atoms with Crippen molar-refractivity contribution >= 4 is 17.7 Å². The molecule has 212 valence electrons. The summed E-state index contributed by atoms with van der Waals surface area (Å²) in [5.74, 6) is -0.843. The molecule has 38 heavy (non-hydrogen) atoms. The number of aromatic nitrogens is 1. The van der Waals surface area contributed by atoms with Crippen LogP contribution in [0.3, 0.4) is 0 Å². The van der Waals surface area contributed by atoms with Crippen LogP contribution in [0.2, 0.25) is 0 Å². The van der Waals surface area contributed by atoms with E-state index in [0.29, 0.717) is 43.5 Å². The fraction of sp³-hybridized carbons (Fsp3) is 0.704. The van der Waals surface area contributed by atoms with Gasteiger partial charge in [-0.25, -0.2) is 0 Å². The second-order valence-electron chi connectivity index (χ2n) is 10.6. The van der Waals surface area contributed by atoms with Gasteiger partial charge in [-0.15, -0.1) is 0 Å². The molecule has 0 unspecified atom stereocenters. The number of halogens is 3. The minimum Gasteiger partial charge on any atom is -0.469 e. The van der Waals surface area contributed by atoms with Crippen LogP contribution in [0, 0.1) is 17.3 Å². The molecule has 0 N–H and O–H groups in total. The van der Waals surface area contributed by atoms with Gasteiger partial charge in [0.25, 0.3) is 0 Å². The Kier molecular flexibility index (Phi) is 9.24. The van der Waals surface area contributed by atoms with E-state index in [1.165, 1.54) is 7.11 Å². The van der Waals surface area contributed by atoms with Crippen LogP contribution in [0.5, 0.6) is 0 Å². The number of ketones is 1. The van der Waals surface area contributed by atoms with Crippen LogP contribution in [0.4, 0.5) is 13.2 Å². The van der Waals surface area contributed by atoms with Crippen molar-refractivity contribution in [1.29, 1.82) is 0 Å². The number of carbonyl (C=O) groups is 3. The van der Waals surface area contributed by atoms with Gasteiger partial charge in [0.2, 0.25) is 5.91 Å². The Balaban J connectivity index is 0.000000260. The number of hydrogen-bond acceptors (Lipinski definition) is 7. The van der Waals surface area contributed by atoms with Gasteiger partial charge in [-0.3, -0.25) is 19.4 Å². The number of esters is 1. The number of carbonyl (C=O) groups excluding carboxylic acids is 3. The first kappa shape index (κ1) is 30.0. The van der Waals surface area contributed by atoms with Crippen LogP contribution in [0.15, 0.2) is 12.3 Å². The van der Waals surface area contributed by atoms with Crippen molar-refractivity contribution < 1.29 is 41.8 Å². The van der Waals surface area contributed by atoms with E-state index in [1.807, 2.05) is 13.8 Å². The molecule has 1 aromatic rings. The molecule has 4 rings (SSSR count). The van der Waals surface area contributed by atoms with Crippen LogP contribution in [0.25, 0.3) is 0 Å². The Morgan fingerprint density at radius 2 is 1.82 bits per heavy atom. The molecule has 3 aliphatic rings. The average Bonchev–Trinajstić information content (AvgIpc) is 3.52. The Bertz CT molecular complexity index is 1040. The van der Waals surface area contributed by atoms with Crippen LogP contribution in [-0.2, 0) is 47.7 Å². The summed E-state index contributed by atoms with van der Waals surface area (Å²) in [6.45, 7) is 4.40. The third-order valence-corrected chi connectivity index (χ3v) is 8.26. The normalized spacial score (nSPS) is 24.6. The third kappa shape index (κ3) is 6.20. The molecule has 2 aliphatic carbocycles. The number of fused-ring (bicyclic) bond motifs is 1. The molecule has 2 saturated carbocycles. The quantitative estimate of drug-likeness (QED) is 0.404. The number of nitrogens with zero attached hydrogens (tertiary/aromatic N) is 2. The minimum absolute atomic E-state index is 0.00693. The Hall–Kier alpha value is -2.53.